The smallest absolute Gasteiger partial charge is 0.131 e. The number of aromatic nitrogens is 3. The van der Waals surface area contributed by atoms with Crippen LogP contribution in [0.2, 0.25) is 0 Å². The van der Waals surface area contributed by atoms with Crippen LogP contribution in [0.4, 0.5) is 4.39 Å². The summed E-state index contributed by atoms with van der Waals surface area (Å²) in [7, 11) is 0. The van der Waals surface area contributed by atoms with Crippen molar-refractivity contribution in [1.29, 1.82) is 0 Å². The van der Waals surface area contributed by atoms with Crippen LogP contribution in [0.5, 0.6) is 0 Å². The average Bonchev–Trinajstić information content (AvgIpc) is 3.41. The van der Waals surface area contributed by atoms with Gasteiger partial charge in [-0.15, -0.1) is 0 Å². The van der Waals surface area contributed by atoms with Gasteiger partial charge in [0.05, 0.1) is 11.2 Å². The zero-order chi connectivity index (χ0) is 22.1. The second-order valence-corrected chi connectivity index (χ2v) is 8.03. The molecule has 2 aromatic heterocycles. The summed E-state index contributed by atoms with van der Waals surface area (Å²) in [6, 6.07) is 15.3. The fourth-order valence-electron chi connectivity index (χ4n) is 4.39. The van der Waals surface area contributed by atoms with Gasteiger partial charge >= 0.3 is 0 Å². The van der Waals surface area contributed by atoms with Gasteiger partial charge in [-0.2, -0.15) is 5.10 Å². The molecule has 5 heteroatoms. The van der Waals surface area contributed by atoms with E-state index in [1.807, 2.05) is 25.1 Å². The van der Waals surface area contributed by atoms with E-state index in [1.54, 1.807) is 18.2 Å². The quantitative estimate of drug-likeness (QED) is 0.344. The molecular formula is C27H25FN4. The van der Waals surface area contributed by atoms with Gasteiger partial charge in [0.2, 0.25) is 0 Å². The molecule has 0 amide bonds. The largest absolute Gasteiger partial charge is 0.357 e. The first kappa shape index (κ1) is 20.2. The Bertz CT molecular complexity index is 1370. The highest BCUT2D eigenvalue weighted by molar-refractivity contribution is 5.95. The summed E-state index contributed by atoms with van der Waals surface area (Å²) < 4.78 is 14.6. The van der Waals surface area contributed by atoms with Crippen LogP contribution in [0, 0.1) is 12.7 Å². The maximum Gasteiger partial charge on any atom is 0.131 e. The van der Waals surface area contributed by atoms with Crippen LogP contribution in [0.15, 0.2) is 73.3 Å². The van der Waals surface area contributed by atoms with E-state index in [1.165, 1.54) is 17.2 Å². The van der Waals surface area contributed by atoms with Crippen molar-refractivity contribution in [2.75, 3.05) is 13.1 Å². The molecule has 0 unspecified atom stereocenters. The Morgan fingerprint density at radius 1 is 1.12 bits per heavy atom. The van der Waals surface area contributed by atoms with Crippen molar-refractivity contribution < 1.29 is 4.39 Å². The lowest BCUT2D eigenvalue weighted by molar-refractivity contribution is 0.624. The minimum Gasteiger partial charge on any atom is -0.357 e. The van der Waals surface area contributed by atoms with E-state index < -0.39 is 0 Å². The van der Waals surface area contributed by atoms with E-state index >= 15 is 0 Å². The number of benzene rings is 2. The molecule has 0 spiro atoms. The van der Waals surface area contributed by atoms with Gasteiger partial charge in [0.15, 0.2) is 0 Å². The fraction of sp³-hybridized carbons (Fsp3) is 0.148. The molecule has 0 radical (unpaired) electrons. The van der Waals surface area contributed by atoms with Gasteiger partial charge in [-0.3, -0.25) is 5.10 Å². The Hall–Kier alpha value is -3.70. The topological polar surface area (TPSA) is 56.5 Å². The zero-order valence-electron chi connectivity index (χ0n) is 18.0. The first-order chi connectivity index (χ1) is 15.7. The normalized spacial score (nSPS) is 14.6. The third kappa shape index (κ3) is 3.61. The number of H-pyrrole nitrogens is 2. The van der Waals surface area contributed by atoms with Crippen LogP contribution in [-0.4, -0.2) is 28.3 Å². The van der Waals surface area contributed by atoms with E-state index in [-0.39, 0.29) is 5.82 Å². The summed E-state index contributed by atoms with van der Waals surface area (Å²) in [6.45, 7) is 7.72. The molecule has 0 saturated heterocycles. The highest BCUT2D eigenvalue weighted by atomic mass is 19.1. The Morgan fingerprint density at radius 2 is 2.00 bits per heavy atom. The third-order valence-electron chi connectivity index (χ3n) is 6.01. The van der Waals surface area contributed by atoms with Gasteiger partial charge in [0, 0.05) is 28.8 Å². The number of halogens is 1. The predicted molar refractivity (Wildman–Crippen MR) is 130 cm³/mol. The number of allylic oxidation sites excluding steroid dienone is 2. The first-order valence-electron chi connectivity index (χ1n) is 10.8. The van der Waals surface area contributed by atoms with Crippen molar-refractivity contribution in [1.82, 2.24) is 20.5 Å². The summed E-state index contributed by atoms with van der Waals surface area (Å²) in [6.07, 6.45) is 6.81. The van der Waals surface area contributed by atoms with Gasteiger partial charge in [-0.1, -0.05) is 49.1 Å². The van der Waals surface area contributed by atoms with Crippen LogP contribution < -0.4 is 5.32 Å². The predicted octanol–water partition coefficient (Wildman–Crippen LogP) is 6.00. The first-order valence-corrected chi connectivity index (χ1v) is 10.8. The van der Waals surface area contributed by atoms with Crippen molar-refractivity contribution >= 4 is 22.0 Å². The highest BCUT2D eigenvalue weighted by Gasteiger charge is 2.18. The highest BCUT2D eigenvalue weighted by Crippen LogP contribution is 2.34. The maximum absolute atomic E-state index is 14.6. The summed E-state index contributed by atoms with van der Waals surface area (Å²) in [5, 5.41) is 12.2. The Labute approximate surface area is 186 Å². The number of nitrogens with zero attached hydrogens (tertiary/aromatic N) is 1. The number of hydrogen-bond acceptors (Lipinski definition) is 2. The number of aromatic amines is 2. The lowest BCUT2D eigenvalue weighted by Gasteiger charge is -2.14. The molecule has 3 heterocycles. The van der Waals surface area contributed by atoms with Crippen LogP contribution in [0.25, 0.3) is 33.4 Å². The van der Waals surface area contributed by atoms with Gasteiger partial charge in [-0.25, -0.2) is 4.39 Å². The molecule has 3 N–H and O–H groups in total. The summed E-state index contributed by atoms with van der Waals surface area (Å²) in [4.78, 5) is 3.46. The summed E-state index contributed by atoms with van der Waals surface area (Å²) >= 11 is 0. The van der Waals surface area contributed by atoms with Gasteiger partial charge in [0.25, 0.3) is 0 Å². The van der Waals surface area contributed by atoms with E-state index in [2.05, 4.69) is 51.4 Å². The number of nitrogens with one attached hydrogen (secondary N) is 3. The molecule has 2 aromatic carbocycles. The molecule has 0 bridgehead atoms. The SMILES string of the molecule is C=C/C=C(/c1ccccc1F)c1cc(-c2n[nH]c3ccc(C4=CCNCC4)cc23)[nH]c1C. The zero-order valence-corrected chi connectivity index (χ0v) is 18.0. The van der Waals surface area contributed by atoms with Crippen molar-refractivity contribution in [3.63, 3.8) is 0 Å². The Kier molecular flexibility index (Phi) is 5.33. The molecule has 4 nitrogen and oxygen atoms in total. The molecule has 160 valence electrons. The molecule has 5 rings (SSSR count). The van der Waals surface area contributed by atoms with Crippen LogP contribution in [-0.2, 0) is 0 Å². The Balaban J connectivity index is 1.60. The summed E-state index contributed by atoms with van der Waals surface area (Å²) in [5.74, 6) is -0.257. The van der Waals surface area contributed by atoms with Gasteiger partial charge in [0.1, 0.15) is 11.5 Å². The van der Waals surface area contributed by atoms with Crippen LogP contribution in [0.3, 0.4) is 0 Å². The molecule has 0 saturated carbocycles. The molecule has 1 aliphatic heterocycles. The number of rotatable bonds is 5. The Morgan fingerprint density at radius 3 is 2.78 bits per heavy atom. The summed E-state index contributed by atoms with van der Waals surface area (Å²) in [5.41, 5.74) is 8.54. The molecule has 4 aromatic rings. The van der Waals surface area contributed by atoms with Crippen molar-refractivity contribution in [2.45, 2.75) is 13.3 Å². The molecule has 1 aliphatic rings. The standard InChI is InChI=1S/C27H25FN4/c1-3-6-20(21-7-4-5-8-24(21)28)22-16-26(30-17(22)2)27-23-15-19(9-10-25(23)31-32-27)18-11-13-29-14-12-18/h3-11,15-16,29-30H,1,12-14H2,2H3,(H,31,32)/b20-6-. The molecule has 0 aliphatic carbocycles. The number of hydrogen-bond donors (Lipinski definition) is 3. The van der Waals surface area contributed by atoms with Crippen molar-refractivity contribution in [3.05, 3.63) is 102 Å². The monoisotopic (exact) mass is 424 g/mol. The van der Waals surface area contributed by atoms with Crippen molar-refractivity contribution in [3.8, 4) is 11.4 Å². The lowest BCUT2D eigenvalue weighted by Crippen LogP contribution is -2.19. The van der Waals surface area contributed by atoms with Gasteiger partial charge in [-0.05, 0) is 60.9 Å². The lowest BCUT2D eigenvalue weighted by atomic mass is 9.96. The minimum atomic E-state index is -0.257. The fourth-order valence-corrected chi connectivity index (χ4v) is 4.39. The van der Waals surface area contributed by atoms with Crippen LogP contribution in [0.1, 0.15) is 28.8 Å². The minimum absolute atomic E-state index is 0.257. The number of fused-ring (bicyclic) bond motifs is 1. The molecule has 0 fully saturated rings. The van der Waals surface area contributed by atoms with Crippen molar-refractivity contribution in [2.24, 2.45) is 0 Å². The molecule has 32 heavy (non-hydrogen) atoms. The van der Waals surface area contributed by atoms with Crippen LogP contribution >= 0.6 is 0 Å². The van der Waals surface area contributed by atoms with E-state index in [0.29, 0.717) is 5.56 Å². The van der Waals surface area contributed by atoms with E-state index in [4.69, 9.17) is 0 Å². The third-order valence-corrected chi connectivity index (χ3v) is 6.01. The van der Waals surface area contributed by atoms with Gasteiger partial charge < -0.3 is 10.3 Å². The number of aryl methyl sites for hydroxylation is 1. The second-order valence-electron chi connectivity index (χ2n) is 8.03. The second kappa shape index (κ2) is 8.44. The molecule has 0 atom stereocenters. The molecular weight excluding hydrogens is 399 g/mol. The maximum atomic E-state index is 14.6. The average molecular weight is 425 g/mol. The van der Waals surface area contributed by atoms with E-state index in [9.17, 15) is 4.39 Å². The van der Waals surface area contributed by atoms with E-state index in [0.717, 1.165) is 58.6 Å².